The molecule has 6 nitrogen and oxygen atoms in total. The van der Waals surface area contributed by atoms with E-state index in [2.05, 4.69) is 10.6 Å². The maximum absolute atomic E-state index is 13.2. The topological polar surface area (TPSA) is 66.4 Å². The van der Waals surface area contributed by atoms with Crippen LogP contribution in [0.1, 0.15) is 39.5 Å². The van der Waals surface area contributed by atoms with Crippen LogP contribution in [0.15, 0.2) is 30.5 Å². The molecule has 2 amide bonds. The molecule has 1 saturated carbocycles. The van der Waals surface area contributed by atoms with Crippen LogP contribution in [0.25, 0.3) is 10.9 Å². The standard InChI is InChI=1S/C23H32N4O2.ClH/c1-3-26(4-2)21(28)15-27-12-10-17-13-19(8-9-20(17)27)25-22(29)23-11-6-5-7-18(23)14-24-16-23;/h8-10,12-13,18,24H,3-7,11,14-16H2,1-2H3,(H,25,29);1H/t18-,23+;/m0./s1. The Morgan fingerprint density at radius 2 is 2.03 bits per heavy atom. The van der Waals surface area contributed by atoms with Gasteiger partial charge in [0.2, 0.25) is 11.8 Å². The number of anilines is 1. The smallest absolute Gasteiger partial charge is 0.242 e. The zero-order chi connectivity index (χ0) is 20.4. The summed E-state index contributed by atoms with van der Waals surface area (Å²) in [5.74, 6) is 0.732. The Morgan fingerprint density at radius 3 is 2.80 bits per heavy atom. The van der Waals surface area contributed by atoms with Gasteiger partial charge in [0.25, 0.3) is 0 Å². The summed E-state index contributed by atoms with van der Waals surface area (Å²) in [5, 5.41) is 7.67. The number of amides is 2. The highest BCUT2D eigenvalue weighted by Gasteiger charge is 2.49. The Labute approximate surface area is 184 Å². The van der Waals surface area contributed by atoms with Crippen molar-refractivity contribution in [2.45, 2.75) is 46.1 Å². The van der Waals surface area contributed by atoms with E-state index in [0.717, 1.165) is 62.0 Å². The van der Waals surface area contributed by atoms with Crippen molar-refractivity contribution in [3.8, 4) is 0 Å². The Kier molecular flexibility index (Phi) is 7.09. The van der Waals surface area contributed by atoms with Crippen LogP contribution < -0.4 is 10.6 Å². The fraction of sp³-hybridized carbons (Fsp3) is 0.565. The predicted molar refractivity (Wildman–Crippen MR) is 123 cm³/mol. The van der Waals surface area contributed by atoms with Crippen molar-refractivity contribution in [1.29, 1.82) is 0 Å². The summed E-state index contributed by atoms with van der Waals surface area (Å²) in [4.78, 5) is 27.5. The molecule has 2 N–H and O–H groups in total. The summed E-state index contributed by atoms with van der Waals surface area (Å²) < 4.78 is 1.98. The average Bonchev–Trinajstić information content (AvgIpc) is 3.34. The fourth-order valence-corrected chi connectivity index (χ4v) is 5.18. The van der Waals surface area contributed by atoms with Gasteiger partial charge in [-0.2, -0.15) is 0 Å². The normalized spacial score (nSPS) is 22.9. The molecule has 0 radical (unpaired) electrons. The van der Waals surface area contributed by atoms with Crippen LogP contribution in [0, 0.1) is 11.3 Å². The number of hydrogen-bond acceptors (Lipinski definition) is 3. The third-order valence-corrected chi connectivity index (χ3v) is 6.94. The van der Waals surface area contributed by atoms with Gasteiger partial charge in [0.1, 0.15) is 6.54 Å². The molecule has 30 heavy (non-hydrogen) atoms. The summed E-state index contributed by atoms with van der Waals surface area (Å²) in [6, 6.07) is 7.99. The largest absolute Gasteiger partial charge is 0.342 e. The molecule has 0 unspecified atom stereocenters. The predicted octanol–water partition coefficient (Wildman–Crippen LogP) is 3.65. The molecule has 1 aliphatic carbocycles. The number of rotatable bonds is 6. The van der Waals surface area contributed by atoms with E-state index in [1.54, 1.807) is 0 Å². The molecule has 0 spiro atoms. The molecule has 164 valence electrons. The van der Waals surface area contributed by atoms with Gasteiger partial charge in [-0.3, -0.25) is 9.59 Å². The first-order valence-electron chi connectivity index (χ1n) is 11.0. The number of fused-ring (bicyclic) bond motifs is 2. The molecule has 1 saturated heterocycles. The van der Waals surface area contributed by atoms with E-state index in [1.165, 1.54) is 6.42 Å². The number of benzene rings is 1. The summed E-state index contributed by atoms with van der Waals surface area (Å²) in [7, 11) is 0. The van der Waals surface area contributed by atoms with Crippen LogP contribution in [0.5, 0.6) is 0 Å². The van der Waals surface area contributed by atoms with Crippen LogP contribution in [0.2, 0.25) is 0 Å². The lowest BCUT2D eigenvalue weighted by molar-refractivity contribution is -0.131. The Bertz CT molecular complexity index is 908. The van der Waals surface area contributed by atoms with Gasteiger partial charge in [0.15, 0.2) is 0 Å². The summed E-state index contributed by atoms with van der Waals surface area (Å²) in [6.45, 7) is 7.53. The van der Waals surface area contributed by atoms with Gasteiger partial charge in [-0.05, 0) is 63.4 Å². The minimum absolute atomic E-state index is 0. The van der Waals surface area contributed by atoms with Gasteiger partial charge >= 0.3 is 0 Å². The Hall–Kier alpha value is -2.05. The number of carbonyl (C=O) groups excluding carboxylic acids is 2. The molecule has 2 atom stereocenters. The second kappa shape index (κ2) is 9.40. The van der Waals surface area contributed by atoms with E-state index in [-0.39, 0.29) is 29.6 Å². The molecular weight excluding hydrogens is 400 g/mol. The number of carbonyl (C=O) groups is 2. The van der Waals surface area contributed by atoms with E-state index < -0.39 is 0 Å². The number of halogens is 1. The van der Waals surface area contributed by atoms with Crippen molar-refractivity contribution in [2.75, 3.05) is 31.5 Å². The monoisotopic (exact) mass is 432 g/mol. The van der Waals surface area contributed by atoms with Crippen molar-refractivity contribution >= 4 is 40.8 Å². The van der Waals surface area contributed by atoms with Gasteiger partial charge in [0.05, 0.1) is 5.41 Å². The zero-order valence-electron chi connectivity index (χ0n) is 17.9. The SMILES string of the molecule is CCN(CC)C(=O)Cn1ccc2cc(NC(=O)[C@@]34CCCC[C@H]3CNC4)ccc21.Cl. The van der Waals surface area contributed by atoms with Crippen LogP contribution >= 0.6 is 12.4 Å². The molecule has 2 fully saturated rings. The second-order valence-corrected chi connectivity index (χ2v) is 8.47. The summed E-state index contributed by atoms with van der Waals surface area (Å²) >= 11 is 0. The van der Waals surface area contributed by atoms with E-state index in [0.29, 0.717) is 12.5 Å². The summed E-state index contributed by atoms with van der Waals surface area (Å²) in [6.07, 6.45) is 6.43. The van der Waals surface area contributed by atoms with E-state index in [9.17, 15) is 9.59 Å². The number of nitrogens with zero attached hydrogens (tertiary/aromatic N) is 2. The maximum atomic E-state index is 13.2. The van der Waals surface area contributed by atoms with Crippen LogP contribution in [-0.2, 0) is 16.1 Å². The molecule has 1 aromatic heterocycles. The third-order valence-electron chi connectivity index (χ3n) is 6.94. The average molecular weight is 433 g/mol. The van der Waals surface area contributed by atoms with Gasteiger partial charge in [-0.1, -0.05) is 12.8 Å². The van der Waals surface area contributed by atoms with Gasteiger partial charge in [-0.25, -0.2) is 0 Å². The van der Waals surface area contributed by atoms with Crippen LogP contribution in [0.4, 0.5) is 5.69 Å². The molecule has 4 rings (SSSR count). The zero-order valence-corrected chi connectivity index (χ0v) is 18.8. The van der Waals surface area contributed by atoms with E-state index >= 15 is 0 Å². The van der Waals surface area contributed by atoms with Crippen LogP contribution in [-0.4, -0.2) is 47.5 Å². The lowest BCUT2D eigenvalue weighted by Gasteiger charge is -2.37. The number of likely N-dealkylation sites (N-methyl/N-ethyl adjacent to an activating group) is 1. The van der Waals surface area contributed by atoms with Gasteiger partial charge in [0, 0.05) is 42.4 Å². The molecular formula is C23H33ClN4O2. The van der Waals surface area contributed by atoms with Crippen molar-refractivity contribution in [1.82, 2.24) is 14.8 Å². The molecule has 1 aliphatic heterocycles. The van der Waals surface area contributed by atoms with Gasteiger partial charge < -0.3 is 20.1 Å². The minimum Gasteiger partial charge on any atom is -0.342 e. The third kappa shape index (κ3) is 4.08. The summed E-state index contributed by atoms with van der Waals surface area (Å²) in [5.41, 5.74) is 1.59. The van der Waals surface area contributed by atoms with Gasteiger partial charge in [-0.15, -0.1) is 12.4 Å². The minimum atomic E-state index is -0.255. The van der Waals surface area contributed by atoms with E-state index in [4.69, 9.17) is 0 Å². The number of hydrogen-bond donors (Lipinski definition) is 2. The molecule has 2 heterocycles. The highest BCUT2D eigenvalue weighted by molar-refractivity contribution is 5.98. The highest BCUT2D eigenvalue weighted by atomic mass is 35.5. The molecule has 0 bridgehead atoms. The van der Waals surface area contributed by atoms with Crippen molar-refractivity contribution < 1.29 is 9.59 Å². The Morgan fingerprint density at radius 1 is 1.23 bits per heavy atom. The van der Waals surface area contributed by atoms with Crippen molar-refractivity contribution in [2.24, 2.45) is 11.3 Å². The molecule has 7 heteroatoms. The highest BCUT2D eigenvalue weighted by Crippen LogP contribution is 2.44. The first kappa shape index (κ1) is 22.6. The lowest BCUT2D eigenvalue weighted by atomic mass is 9.67. The van der Waals surface area contributed by atoms with Crippen LogP contribution in [0.3, 0.4) is 0 Å². The first-order chi connectivity index (χ1) is 14.1. The number of aromatic nitrogens is 1. The second-order valence-electron chi connectivity index (χ2n) is 8.47. The molecule has 2 aliphatic rings. The lowest BCUT2D eigenvalue weighted by Crippen LogP contribution is -2.44. The maximum Gasteiger partial charge on any atom is 0.242 e. The van der Waals surface area contributed by atoms with Crippen molar-refractivity contribution in [3.63, 3.8) is 0 Å². The first-order valence-corrected chi connectivity index (χ1v) is 11.0. The van der Waals surface area contributed by atoms with Crippen molar-refractivity contribution in [3.05, 3.63) is 30.5 Å². The molecule has 2 aromatic rings. The fourth-order valence-electron chi connectivity index (χ4n) is 5.18. The van der Waals surface area contributed by atoms with E-state index in [1.807, 2.05) is 53.8 Å². The number of nitrogens with one attached hydrogen (secondary N) is 2. The quantitative estimate of drug-likeness (QED) is 0.732. The Balaban J connectivity index is 0.00000256. The molecule has 1 aromatic carbocycles.